The van der Waals surface area contributed by atoms with Crippen LogP contribution in [0.1, 0.15) is 10.4 Å². The molecule has 0 spiro atoms. The number of carbonyl (C=O) groups is 2. The zero-order valence-corrected chi connectivity index (χ0v) is 12.5. The number of pyridine rings is 1. The lowest BCUT2D eigenvalue weighted by atomic mass is 10.0. The fraction of sp³-hybridized carbons (Fsp3) is 0. The van der Waals surface area contributed by atoms with Crippen LogP contribution in [0.4, 0.5) is 17.3 Å². The molecule has 112 valence electrons. The number of fused-ring (bicyclic) bond motifs is 3. The van der Waals surface area contributed by atoms with Gasteiger partial charge >= 0.3 is 0 Å². The van der Waals surface area contributed by atoms with Crippen molar-refractivity contribution < 1.29 is 9.59 Å². The second kappa shape index (κ2) is 5.07. The van der Waals surface area contributed by atoms with E-state index in [-0.39, 0.29) is 5.82 Å². The van der Waals surface area contributed by atoms with E-state index in [1.165, 1.54) is 0 Å². The molecule has 1 aliphatic heterocycles. The van der Waals surface area contributed by atoms with Crippen LogP contribution in [0.2, 0.25) is 5.02 Å². The van der Waals surface area contributed by atoms with Gasteiger partial charge in [0.05, 0.1) is 5.56 Å². The molecule has 0 unspecified atom stereocenters. The molecule has 0 aliphatic carbocycles. The van der Waals surface area contributed by atoms with Gasteiger partial charge in [-0.1, -0.05) is 35.9 Å². The average Bonchev–Trinajstić information content (AvgIpc) is 2.84. The van der Waals surface area contributed by atoms with Gasteiger partial charge in [0.1, 0.15) is 11.6 Å². The maximum atomic E-state index is 12.0. The predicted octanol–water partition coefficient (Wildman–Crippen LogP) is 3.77. The summed E-state index contributed by atoms with van der Waals surface area (Å²) in [5.41, 5.74) is 1.13. The van der Waals surface area contributed by atoms with Gasteiger partial charge in [0.2, 0.25) is 0 Å². The average molecular weight is 324 g/mol. The number of hydrogen-bond donors (Lipinski definition) is 2. The van der Waals surface area contributed by atoms with Gasteiger partial charge in [0, 0.05) is 21.5 Å². The predicted molar refractivity (Wildman–Crippen MR) is 89.4 cm³/mol. The number of ketones is 1. The first-order valence-corrected chi connectivity index (χ1v) is 7.32. The molecule has 2 N–H and O–H groups in total. The van der Waals surface area contributed by atoms with Crippen LogP contribution >= 0.6 is 11.6 Å². The molecule has 0 radical (unpaired) electrons. The van der Waals surface area contributed by atoms with Crippen LogP contribution in [0.15, 0.2) is 48.5 Å². The van der Waals surface area contributed by atoms with E-state index in [1.54, 1.807) is 18.2 Å². The van der Waals surface area contributed by atoms with Gasteiger partial charge in [-0.15, -0.1) is 0 Å². The van der Waals surface area contributed by atoms with Crippen molar-refractivity contribution in [2.75, 3.05) is 10.6 Å². The zero-order valence-electron chi connectivity index (χ0n) is 11.8. The normalized spacial score (nSPS) is 13.1. The molecule has 6 heteroatoms. The lowest BCUT2D eigenvalue weighted by molar-refractivity contribution is -0.112. The maximum absolute atomic E-state index is 12.0. The number of Topliss-reactive ketones (excluding diaryl/α,β-unsaturated/α-hetero) is 1. The Morgan fingerprint density at radius 1 is 0.957 bits per heavy atom. The van der Waals surface area contributed by atoms with Gasteiger partial charge in [-0.2, -0.15) is 0 Å². The molecule has 1 amide bonds. The number of amides is 1. The molecular formula is C17H10ClN3O2. The fourth-order valence-corrected chi connectivity index (χ4v) is 2.75. The third-order valence-electron chi connectivity index (χ3n) is 3.68. The Morgan fingerprint density at radius 3 is 2.39 bits per heavy atom. The van der Waals surface area contributed by atoms with E-state index in [0.29, 0.717) is 21.8 Å². The highest BCUT2D eigenvalue weighted by Gasteiger charge is 2.32. The van der Waals surface area contributed by atoms with Crippen LogP contribution in [0, 0.1) is 0 Å². The second-order valence-electron chi connectivity index (χ2n) is 5.14. The van der Waals surface area contributed by atoms with Crippen LogP contribution in [-0.2, 0) is 4.79 Å². The molecule has 0 fully saturated rings. The van der Waals surface area contributed by atoms with Gasteiger partial charge < -0.3 is 10.6 Å². The van der Waals surface area contributed by atoms with Crippen LogP contribution < -0.4 is 10.6 Å². The van der Waals surface area contributed by atoms with Gasteiger partial charge in [-0.3, -0.25) is 9.59 Å². The number of anilines is 3. The molecule has 2 heterocycles. The summed E-state index contributed by atoms with van der Waals surface area (Å²) in [6, 6.07) is 14.5. The number of rotatable bonds is 2. The van der Waals surface area contributed by atoms with Crippen molar-refractivity contribution in [1.82, 2.24) is 4.98 Å². The summed E-state index contributed by atoms with van der Waals surface area (Å²) in [6.07, 6.45) is 0. The Bertz CT molecular complexity index is 967. The van der Waals surface area contributed by atoms with E-state index in [1.807, 2.05) is 30.3 Å². The van der Waals surface area contributed by atoms with Crippen LogP contribution in [0.5, 0.6) is 0 Å². The van der Waals surface area contributed by atoms with Crippen LogP contribution in [0.3, 0.4) is 0 Å². The molecule has 1 aromatic heterocycles. The van der Waals surface area contributed by atoms with E-state index >= 15 is 0 Å². The van der Waals surface area contributed by atoms with Crippen molar-refractivity contribution in [2.24, 2.45) is 0 Å². The Kier molecular flexibility index (Phi) is 3.02. The first-order chi connectivity index (χ1) is 11.1. The largest absolute Gasteiger partial charge is 0.340 e. The van der Waals surface area contributed by atoms with Crippen molar-refractivity contribution in [1.29, 1.82) is 0 Å². The SMILES string of the molecule is O=C1Nc2nc(Nc3ccc(Cl)cc3)c3ccccc3c2C1=O. The van der Waals surface area contributed by atoms with E-state index < -0.39 is 11.7 Å². The van der Waals surface area contributed by atoms with E-state index in [4.69, 9.17) is 11.6 Å². The van der Waals surface area contributed by atoms with E-state index in [0.717, 1.165) is 11.1 Å². The first kappa shape index (κ1) is 13.7. The lowest BCUT2D eigenvalue weighted by Crippen LogP contribution is -2.12. The molecule has 4 rings (SSSR count). The van der Waals surface area contributed by atoms with Gasteiger partial charge in [0.25, 0.3) is 11.7 Å². The van der Waals surface area contributed by atoms with Crippen molar-refractivity contribution in [2.45, 2.75) is 0 Å². The zero-order chi connectivity index (χ0) is 16.0. The highest BCUT2D eigenvalue weighted by molar-refractivity contribution is 6.53. The summed E-state index contributed by atoms with van der Waals surface area (Å²) in [7, 11) is 0. The summed E-state index contributed by atoms with van der Waals surface area (Å²) in [5, 5.41) is 7.82. The van der Waals surface area contributed by atoms with Crippen molar-refractivity contribution in [3.63, 3.8) is 0 Å². The topological polar surface area (TPSA) is 71.1 Å². The van der Waals surface area contributed by atoms with Gasteiger partial charge in [-0.05, 0) is 24.3 Å². The third-order valence-corrected chi connectivity index (χ3v) is 3.94. The summed E-state index contributed by atoms with van der Waals surface area (Å²) < 4.78 is 0. The molecule has 0 atom stereocenters. The molecular weight excluding hydrogens is 314 g/mol. The number of aromatic nitrogens is 1. The van der Waals surface area contributed by atoms with Crippen molar-refractivity contribution in [3.05, 3.63) is 59.1 Å². The minimum atomic E-state index is -0.652. The highest BCUT2D eigenvalue weighted by atomic mass is 35.5. The molecule has 23 heavy (non-hydrogen) atoms. The van der Waals surface area contributed by atoms with E-state index in [2.05, 4.69) is 15.6 Å². The smallest absolute Gasteiger partial charge is 0.298 e. The van der Waals surface area contributed by atoms with Crippen molar-refractivity contribution in [3.8, 4) is 0 Å². The molecule has 2 aromatic carbocycles. The standard InChI is InChI=1S/C17H10ClN3O2/c18-9-5-7-10(8-6-9)19-15-12-4-2-1-3-11(12)13-14(22)17(23)21-16(13)20-15/h1-8H,(H2,19,20,21,22,23). The Morgan fingerprint density at radius 2 is 1.65 bits per heavy atom. The molecule has 5 nitrogen and oxygen atoms in total. The van der Waals surface area contributed by atoms with Crippen molar-refractivity contribution >= 4 is 51.4 Å². The van der Waals surface area contributed by atoms with Gasteiger partial charge in [-0.25, -0.2) is 4.98 Å². The second-order valence-corrected chi connectivity index (χ2v) is 5.58. The number of carbonyl (C=O) groups excluding carboxylic acids is 2. The Balaban J connectivity index is 1.90. The van der Waals surface area contributed by atoms with Gasteiger partial charge in [0.15, 0.2) is 0 Å². The Hall–Kier alpha value is -2.92. The first-order valence-electron chi connectivity index (χ1n) is 6.94. The third kappa shape index (κ3) is 2.22. The molecule has 0 bridgehead atoms. The summed E-state index contributed by atoms with van der Waals surface area (Å²) in [4.78, 5) is 28.1. The number of benzene rings is 2. The highest BCUT2D eigenvalue weighted by Crippen LogP contribution is 2.34. The summed E-state index contributed by atoms with van der Waals surface area (Å²) in [5.74, 6) is -0.352. The van der Waals surface area contributed by atoms with E-state index in [9.17, 15) is 9.59 Å². The summed E-state index contributed by atoms with van der Waals surface area (Å²) >= 11 is 5.89. The molecule has 3 aromatic rings. The van der Waals surface area contributed by atoms with Crippen LogP contribution in [0.25, 0.3) is 10.8 Å². The number of nitrogens with one attached hydrogen (secondary N) is 2. The lowest BCUT2D eigenvalue weighted by Gasteiger charge is -2.11. The number of hydrogen-bond acceptors (Lipinski definition) is 4. The maximum Gasteiger partial charge on any atom is 0.298 e. The van der Waals surface area contributed by atoms with Crippen LogP contribution in [-0.4, -0.2) is 16.7 Å². The molecule has 0 saturated heterocycles. The quantitative estimate of drug-likeness (QED) is 0.704. The number of halogens is 1. The molecule has 0 saturated carbocycles. The molecule has 1 aliphatic rings. The number of nitrogens with zero attached hydrogens (tertiary/aromatic N) is 1. The summed E-state index contributed by atoms with van der Waals surface area (Å²) in [6.45, 7) is 0. The monoisotopic (exact) mass is 323 g/mol. The fourth-order valence-electron chi connectivity index (χ4n) is 2.63. The minimum absolute atomic E-state index is 0.287. The minimum Gasteiger partial charge on any atom is -0.340 e. The Labute approximate surface area is 136 Å².